The molecule has 1 aliphatic carbocycles. The van der Waals surface area contributed by atoms with Gasteiger partial charge in [-0.3, -0.25) is 14.5 Å². The molecule has 1 saturated carbocycles. The predicted molar refractivity (Wildman–Crippen MR) is 103 cm³/mol. The zero-order chi connectivity index (χ0) is 16.2. The Morgan fingerprint density at radius 2 is 1.44 bits per heavy atom. The van der Waals surface area contributed by atoms with Crippen LogP contribution in [-0.4, -0.2) is 78.4 Å². The topological polar surface area (TPSA) is 69.9 Å². The number of amides is 2. The lowest BCUT2D eigenvalue weighted by Gasteiger charge is -2.38. The normalized spacial score (nSPS) is 27.4. The molecule has 0 aromatic rings. The molecule has 0 aromatic carbocycles. The number of carbonyl (C=O) groups is 2. The molecule has 2 unspecified atom stereocenters. The molecule has 25 heavy (non-hydrogen) atoms. The van der Waals surface area contributed by atoms with Crippen molar-refractivity contribution in [1.82, 2.24) is 14.7 Å². The van der Waals surface area contributed by atoms with E-state index < -0.39 is 0 Å². The van der Waals surface area contributed by atoms with E-state index in [2.05, 4.69) is 4.90 Å². The summed E-state index contributed by atoms with van der Waals surface area (Å²) in [4.78, 5) is 31.1. The Morgan fingerprint density at radius 1 is 0.840 bits per heavy atom. The van der Waals surface area contributed by atoms with Gasteiger partial charge in [-0.2, -0.15) is 0 Å². The average molecular weight is 395 g/mol. The third kappa shape index (κ3) is 5.98. The molecular formula is C17H32Cl2N4O2. The highest BCUT2D eigenvalue weighted by atomic mass is 35.5. The Morgan fingerprint density at radius 3 is 2.04 bits per heavy atom. The number of hydrogen-bond acceptors (Lipinski definition) is 4. The van der Waals surface area contributed by atoms with E-state index in [1.165, 1.54) is 12.8 Å². The second-order valence-electron chi connectivity index (χ2n) is 7.31. The summed E-state index contributed by atoms with van der Waals surface area (Å²) in [7, 11) is 0. The van der Waals surface area contributed by atoms with Gasteiger partial charge in [-0.15, -0.1) is 24.8 Å². The molecule has 0 aromatic heterocycles. The number of hydrogen-bond donors (Lipinski definition) is 1. The molecule has 2 heterocycles. The van der Waals surface area contributed by atoms with Crippen LogP contribution in [0.15, 0.2) is 0 Å². The number of likely N-dealkylation sites (tertiary alicyclic amines) is 1. The second kappa shape index (κ2) is 10.6. The zero-order valence-electron chi connectivity index (χ0n) is 14.9. The Labute approximate surface area is 163 Å². The summed E-state index contributed by atoms with van der Waals surface area (Å²) in [6, 6.07) is 0.182. The van der Waals surface area contributed by atoms with Crippen molar-refractivity contribution in [1.29, 1.82) is 0 Å². The van der Waals surface area contributed by atoms with Crippen molar-refractivity contribution < 1.29 is 9.59 Å². The molecular weight excluding hydrogens is 363 g/mol. The fraction of sp³-hybridized carbons (Fsp3) is 0.882. The predicted octanol–water partition coefficient (Wildman–Crippen LogP) is 1.11. The van der Waals surface area contributed by atoms with Crippen LogP contribution < -0.4 is 5.73 Å². The third-order valence-electron chi connectivity index (χ3n) is 5.57. The van der Waals surface area contributed by atoms with Crippen molar-refractivity contribution in [3.8, 4) is 0 Å². The van der Waals surface area contributed by atoms with E-state index in [1.54, 1.807) is 0 Å². The smallest absolute Gasteiger partial charge is 0.236 e. The first-order valence-electron chi connectivity index (χ1n) is 9.18. The minimum Gasteiger partial charge on any atom is -0.339 e. The van der Waals surface area contributed by atoms with Crippen molar-refractivity contribution in [2.75, 3.05) is 45.8 Å². The molecule has 2 amide bonds. The van der Waals surface area contributed by atoms with Crippen LogP contribution in [0.1, 0.15) is 38.5 Å². The summed E-state index contributed by atoms with van der Waals surface area (Å²) in [5.41, 5.74) is 6.00. The number of halogens is 2. The maximum Gasteiger partial charge on any atom is 0.236 e. The lowest BCUT2D eigenvalue weighted by atomic mass is 9.85. The van der Waals surface area contributed by atoms with Gasteiger partial charge in [0.15, 0.2) is 0 Å². The van der Waals surface area contributed by atoms with Gasteiger partial charge in [0.05, 0.1) is 6.54 Å². The summed E-state index contributed by atoms with van der Waals surface area (Å²) < 4.78 is 0. The van der Waals surface area contributed by atoms with Crippen molar-refractivity contribution in [3.63, 3.8) is 0 Å². The van der Waals surface area contributed by atoms with Gasteiger partial charge < -0.3 is 15.5 Å². The zero-order valence-corrected chi connectivity index (χ0v) is 16.5. The number of nitrogens with two attached hydrogens (primary N) is 1. The first kappa shape index (κ1) is 22.5. The molecule has 0 bridgehead atoms. The Hall–Kier alpha value is -0.560. The second-order valence-corrected chi connectivity index (χ2v) is 7.31. The molecule has 3 fully saturated rings. The summed E-state index contributed by atoms with van der Waals surface area (Å²) in [5.74, 6) is 0.580. The minimum atomic E-state index is 0. The number of carbonyl (C=O) groups excluding carboxylic acids is 2. The fourth-order valence-corrected chi connectivity index (χ4v) is 4.12. The maximum absolute atomic E-state index is 12.6. The first-order chi connectivity index (χ1) is 11.1. The number of piperazine rings is 1. The molecule has 0 radical (unpaired) electrons. The Balaban J connectivity index is 0.00000156. The Kier molecular flexibility index (Phi) is 9.49. The van der Waals surface area contributed by atoms with Gasteiger partial charge in [0.25, 0.3) is 0 Å². The van der Waals surface area contributed by atoms with E-state index in [1.807, 2.05) is 9.80 Å². The SMILES string of the molecule is Cl.Cl.NC1CCCC(C(=O)N2CCN(C(=O)CN3CCCC3)CC2)C1. The molecule has 6 nitrogen and oxygen atoms in total. The van der Waals surface area contributed by atoms with E-state index in [4.69, 9.17) is 5.73 Å². The highest BCUT2D eigenvalue weighted by Gasteiger charge is 2.31. The third-order valence-corrected chi connectivity index (χ3v) is 5.57. The van der Waals surface area contributed by atoms with Gasteiger partial charge in [0.1, 0.15) is 0 Å². The van der Waals surface area contributed by atoms with Crippen LogP contribution in [0.5, 0.6) is 0 Å². The summed E-state index contributed by atoms with van der Waals surface area (Å²) in [6.45, 7) is 5.35. The Bertz CT molecular complexity index is 438. The molecule has 146 valence electrons. The van der Waals surface area contributed by atoms with Gasteiger partial charge in [0, 0.05) is 38.1 Å². The highest BCUT2D eigenvalue weighted by Crippen LogP contribution is 2.25. The van der Waals surface area contributed by atoms with Crippen molar-refractivity contribution >= 4 is 36.6 Å². The highest BCUT2D eigenvalue weighted by molar-refractivity contribution is 5.85. The van der Waals surface area contributed by atoms with E-state index in [9.17, 15) is 9.59 Å². The van der Waals surface area contributed by atoms with E-state index in [-0.39, 0.29) is 48.6 Å². The lowest BCUT2D eigenvalue weighted by molar-refractivity contribution is -0.143. The number of nitrogens with zero attached hydrogens (tertiary/aromatic N) is 3. The molecule has 0 spiro atoms. The lowest BCUT2D eigenvalue weighted by Crippen LogP contribution is -2.54. The van der Waals surface area contributed by atoms with Crippen LogP contribution in [0, 0.1) is 5.92 Å². The van der Waals surface area contributed by atoms with Crippen LogP contribution in [0.4, 0.5) is 0 Å². The fourth-order valence-electron chi connectivity index (χ4n) is 4.12. The van der Waals surface area contributed by atoms with Gasteiger partial charge >= 0.3 is 0 Å². The first-order valence-corrected chi connectivity index (χ1v) is 9.18. The molecule has 8 heteroatoms. The molecule has 2 saturated heterocycles. The van der Waals surface area contributed by atoms with Gasteiger partial charge in [-0.25, -0.2) is 0 Å². The van der Waals surface area contributed by atoms with Crippen LogP contribution >= 0.6 is 24.8 Å². The summed E-state index contributed by atoms with van der Waals surface area (Å²) in [6.07, 6.45) is 6.32. The average Bonchev–Trinajstić information content (AvgIpc) is 3.07. The van der Waals surface area contributed by atoms with Crippen LogP contribution in [-0.2, 0) is 9.59 Å². The van der Waals surface area contributed by atoms with Crippen LogP contribution in [0.2, 0.25) is 0 Å². The molecule has 3 rings (SSSR count). The van der Waals surface area contributed by atoms with Crippen molar-refractivity contribution in [3.05, 3.63) is 0 Å². The van der Waals surface area contributed by atoms with Gasteiger partial charge in [-0.05, 0) is 45.2 Å². The van der Waals surface area contributed by atoms with Crippen molar-refractivity contribution in [2.45, 2.75) is 44.6 Å². The van der Waals surface area contributed by atoms with Crippen molar-refractivity contribution in [2.24, 2.45) is 11.7 Å². The van der Waals surface area contributed by atoms with E-state index in [0.717, 1.165) is 38.8 Å². The number of rotatable bonds is 3. The van der Waals surface area contributed by atoms with Gasteiger partial charge in [-0.1, -0.05) is 6.42 Å². The summed E-state index contributed by atoms with van der Waals surface area (Å²) >= 11 is 0. The molecule has 3 aliphatic rings. The molecule has 2 N–H and O–H groups in total. The standard InChI is InChI=1S/C17H30N4O2.2ClH/c18-15-5-3-4-14(12-15)17(23)21-10-8-20(9-11-21)16(22)13-19-6-1-2-7-19;;/h14-15H,1-13,18H2;2*1H. The maximum atomic E-state index is 12.6. The molecule has 2 aliphatic heterocycles. The van der Waals surface area contributed by atoms with Gasteiger partial charge in [0.2, 0.25) is 11.8 Å². The quantitative estimate of drug-likeness (QED) is 0.778. The van der Waals surface area contributed by atoms with Crippen LogP contribution in [0.25, 0.3) is 0 Å². The van der Waals surface area contributed by atoms with E-state index in [0.29, 0.717) is 32.7 Å². The summed E-state index contributed by atoms with van der Waals surface area (Å²) in [5, 5.41) is 0. The molecule has 2 atom stereocenters. The largest absolute Gasteiger partial charge is 0.339 e. The van der Waals surface area contributed by atoms with Crippen LogP contribution in [0.3, 0.4) is 0 Å². The minimum absolute atomic E-state index is 0. The monoisotopic (exact) mass is 394 g/mol. The van der Waals surface area contributed by atoms with E-state index >= 15 is 0 Å².